The largest absolute Gasteiger partial charge is 0.494 e. The summed E-state index contributed by atoms with van der Waals surface area (Å²) in [5.41, 5.74) is -2.05. The highest BCUT2D eigenvalue weighted by Crippen LogP contribution is 2.22. The first kappa shape index (κ1) is 23.1. The van der Waals surface area contributed by atoms with E-state index in [2.05, 4.69) is 5.32 Å². The monoisotopic (exact) mass is 383 g/mol. The molecular weight excluding hydrogens is 350 g/mol. The number of aliphatic hydroxyl groups is 2. The molecule has 0 aromatic heterocycles. The van der Waals surface area contributed by atoms with E-state index in [0.29, 0.717) is 19.6 Å². The lowest BCUT2D eigenvalue weighted by Gasteiger charge is -2.35. The minimum Gasteiger partial charge on any atom is -0.494 e. The SMILES string of the molecule is CN(C(=O)CC1CCOCC1)C(C)(C)C(=O)N/C(O)=C/C(=N)C(C)(C)CO. The lowest BCUT2D eigenvalue weighted by molar-refractivity contribution is -0.145. The van der Waals surface area contributed by atoms with Gasteiger partial charge >= 0.3 is 0 Å². The van der Waals surface area contributed by atoms with Crippen LogP contribution in [-0.2, 0) is 14.3 Å². The molecule has 0 atom stereocenters. The molecule has 0 bridgehead atoms. The number of aliphatic hydroxyl groups excluding tert-OH is 2. The number of nitrogens with zero attached hydrogens (tertiary/aromatic N) is 1. The van der Waals surface area contributed by atoms with Gasteiger partial charge in [0, 0.05) is 43.9 Å². The van der Waals surface area contributed by atoms with E-state index in [1.807, 2.05) is 0 Å². The fourth-order valence-corrected chi connectivity index (χ4v) is 2.52. The van der Waals surface area contributed by atoms with Gasteiger partial charge in [0.1, 0.15) is 5.54 Å². The van der Waals surface area contributed by atoms with Crippen molar-refractivity contribution in [1.82, 2.24) is 10.2 Å². The van der Waals surface area contributed by atoms with E-state index in [4.69, 9.17) is 10.1 Å². The second kappa shape index (κ2) is 9.32. The lowest BCUT2D eigenvalue weighted by atomic mass is 9.88. The Labute approximate surface area is 161 Å². The molecule has 8 nitrogen and oxygen atoms in total. The van der Waals surface area contributed by atoms with E-state index in [9.17, 15) is 19.8 Å². The summed E-state index contributed by atoms with van der Waals surface area (Å²) in [6.45, 7) is 7.53. The maximum atomic E-state index is 12.6. The van der Waals surface area contributed by atoms with Crippen molar-refractivity contribution in [3.8, 4) is 0 Å². The van der Waals surface area contributed by atoms with Gasteiger partial charge in [0.2, 0.25) is 5.91 Å². The number of rotatable bonds is 8. The van der Waals surface area contributed by atoms with E-state index < -0.39 is 22.7 Å². The fourth-order valence-electron chi connectivity index (χ4n) is 2.52. The standard InChI is InChI=1S/C19H33N3O5/c1-18(2,12-23)14(20)11-15(24)21-17(26)19(3,4)22(5)16(25)10-13-6-8-27-9-7-13/h11,13,20,23-24H,6-10,12H2,1-5H3,(H,21,26)/b15-11-,20-14?. The second-order valence-corrected chi connectivity index (χ2v) is 8.21. The van der Waals surface area contributed by atoms with Gasteiger partial charge in [0.25, 0.3) is 5.91 Å². The summed E-state index contributed by atoms with van der Waals surface area (Å²) in [4.78, 5) is 26.5. The Bertz CT molecular complexity index is 592. The summed E-state index contributed by atoms with van der Waals surface area (Å²) < 4.78 is 5.30. The number of allylic oxidation sites excluding steroid dienone is 1. The van der Waals surface area contributed by atoms with Crippen molar-refractivity contribution in [3.05, 3.63) is 12.0 Å². The molecule has 1 saturated heterocycles. The van der Waals surface area contributed by atoms with Gasteiger partial charge in [0.05, 0.1) is 6.61 Å². The summed E-state index contributed by atoms with van der Waals surface area (Å²) in [7, 11) is 1.57. The number of amides is 2. The van der Waals surface area contributed by atoms with E-state index in [0.717, 1.165) is 18.9 Å². The highest BCUT2D eigenvalue weighted by Gasteiger charge is 2.36. The number of hydrogen-bond donors (Lipinski definition) is 4. The van der Waals surface area contributed by atoms with Crippen LogP contribution in [0.5, 0.6) is 0 Å². The van der Waals surface area contributed by atoms with Gasteiger partial charge in [-0.3, -0.25) is 14.9 Å². The van der Waals surface area contributed by atoms with Crippen molar-refractivity contribution in [1.29, 1.82) is 5.41 Å². The number of carbonyl (C=O) groups is 2. The van der Waals surface area contributed by atoms with Gasteiger partial charge in [-0.25, -0.2) is 0 Å². The van der Waals surface area contributed by atoms with Crippen molar-refractivity contribution in [3.63, 3.8) is 0 Å². The minimum absolute atomic E-state index is 0.0236. The summed E-state index contributed by atoms with van der Waals surface area (Å²) >= 11 is 0. The quantitative estimate of drug-likeness (QED) is 0.374. The molecule has 8 heteroatoms. The van der Waals surface area contributed by atoms with Crippen molar-refractivity contribution < 1.29 is 24.5 Å². The average Bonchev–Trinajstić information content (AvgIpc) is 2.61. The van der Waals surface area contributed by atoms with Gasteiger partial charge in [0.15, 0.2) is 5.88 Å². The lowest BCUT2D eigenvalue weighted by Crippen LogP contribution is -2.55. The van der Waals surface area contributed by atoms with Gasteiger partial charge in [-0.2, -0.15) is 0 Å². The third-order valence-corrected chi connectivity index (χ3v) is 5.22. The Kier molecular flexibility index (Phi) is 7.98. The molecule has 1 fully saturated rings. The maximum absolute atomic E-state index is 12.6. The first-order valence-electron chi connectivity index (χ1n) is 9.18. The molecule has 0 spiro atoms. The van der Waals surface area contributed by atoms with Crippen LogP contribution in [-0.4, -0.2) is 65.0 Å². The van der Waals surface area contributed by atoms with Crippen LogP contribution in [0.25, 0.3) is 0 Å². The van der Waals surface area contributed by atoms with Gasteiger partial charge in [-0.05, 0) is 32.6 Å². The minimum atomic E-state index is -1.18. The molecule has 0 aromatic carbocycles. The molecule has 2 amide bonds. The molecule has 1 heterocycles. The number of ether oxygens (including phenoxy) is 1. The summed E-state index contributed by atoms with van der Waals surface area (Å²) in [6, 6.07) is 0. The van der Waals surface area contributed by atoms with Crippen LogP contribution in [0.2, 0.25) is 0 Å². The molecular formula is C19H33N3O5. The molecule has 0 radical (unpaired) electrons. The van der Waals surface area contributed by atoms with Crippen molar-refractivity contribution in [2.75, 3.05) is 26.9 Å². The Morgan fingerprint density at radius 1 is 1.26 bits per heavy atom. The zero-order valence-corrected chi connectivity index (χ0v) is 17.0. The van der Waals surface area contributed by atoms with Crippen LogP contribution < -0.4 is 5.32 Å². The second-order valence-electron chi connectivity index (χ2n) is 8.21. The third kappa shape index (κ3) is 6.32. The zero-order valence-electron chi connectivity index (χ0n) is 17.0. The Morgan fingerprint density at radius 3 is 2.33 bits per heavy atom. The molecule has 154 valence electrons. The molecule has 0 aliphatic carbocycles. The first-order chi connectivity index (χ1) is 12.4. The normalized spacial score (nSPS) is 16.7. The number of nitrogens with one attached hydrogen (secondary N) is 2. The molecule has 0 saturated carbocycles. The van der Waals surface area contributed by atoms with Crippen molar-refractivity contribution in [2.45, 2.75) is 52.5 Å². The van der Waals surface area contributed by atoms with E-state index >= 15 is 0 Å². The number of likely N-dealkylation sites (N-methyl/N-ethyl adjacent to an activating group) is 1. The fraction of sp³-hybridized carbons (Fsp3) is 0.737. The van der Waals surface area contributed by atoms with Crippen LogP contribution in [0.4, 0.5) is 0 Å². The Morgan fingerprint density at radius 2 is 1.81 bits per heavy atom. The van der Waals surface area contributed by atoms with E-state index in [-0.39, 0.29) is 24.1 Å². The maximum Gasteiger partial charge on any atom is 0.252 e. The summed E-state index contributed by atoms with van der Waals surface area (Å²) in [5, 5.41) is 29.5. The van der Waals surface area contributed by atoms with Crippen molar-refractivity contribution in [2.24, 2.45) is 11.3 Å². The predicted octanol–water partition coefficient (Wildman–Crippen LogP) is 1.59. The molecule has 0 unspecified atom stereocenters. The van der Waals surface area contributed by atoms with Crippen LogP contribution in [0.15, 0.2) is 12.0 Å². The van der Waals surface area contributed by atoms with Crippen LogP contribution in [0.1, 0.15) is 47.0 Å². The number of hydrogen-bond acceptors (Lipinski definition) is 6. The average molecular weight is 383 g/mol. The Balaban J connectivity index is 2.72. The highest BCUT2D eigenvalue weighted by molar-refractivity contribution is 5.98. The third-order valence-electron chi connectivity index (χ3n) is 5.22. The summed E-state index contributed by atoms with van der Waals surface area (Å²) in [6.07, 6.45) is 3.11. The smallest absolute Gasteiger partial charge is 0.252 e. The molecule has 1 rings (SSSR count). The van der Waals surface area contributed by atoms with Gasteiger partial charge in [-0.15, -0.1) is 0 Å². The first-order valence-corrected chi connectivity index (χ1v) is 9.18. The molecule has 4 N–H and O–H groups in total. The summed E-state index contributed by atoms with van der Waals surface area (Å²) in [5.74, 6) is -0.944. The molecule has 0 aromatic rings. The molecule has 1 aliphatic heterocycles. The number of carbonyl (C=O) groups excluding carboxylic acids is 2. The predicted molar refractivity (Wildman–Crippen MR) is 102 cm³/mol. The van der Waals surface area contributed by atoms with E-state index in [1.165, 1.54) is 4.90 Å². The Hall–Kier alpha value is -1.93. The van der Waals surface area contributed by atoms with Gasteiger partial charge in [-0.1, -0.05) is 13.8 Å². The van der Waals surface area contributed by atoms with Crippen LogP contribution >= 0.6 is 0 Å². The van der Waals surface area contributed by atoms with E-state index in [1.54, 1.807) is 34.7 Å². The molecule has 27 heavy (non-hydrogen) atoms. The zero-order chi connectivity index (χ0) is 20.8. The van der Waals surface area contributed by atoms with Crippen LogP contribution in [0, 0.1) is 16.7 Å². The van der Waals surface area contributed by atoms with Gasteiger partial charge < -0.3 is 25.3 Å². The van der Waals surface area contributed by atoms with Crippen molar-refractivity contribution >= 4 is 17.5 Å². The topological polar surface area (TPSA) is 123 Å². The highest BCUT2D eigenvalue weighted by atomic mass is 16.5. The van der Waals surface area contributed by atoms with Crippen LogP contribution in [0.3, 0.4) is 0 Å². The molecule has 1 aliphatic rings.